The zero-order chi connectivity index (χ0) is 19.1. The van der Waals surface area contributed by atoms with Gasteiger partial charge in [0.05, 0.1) is 12.6 Å². The van der Waals surface area contributed by atoms with Gasteiger partial charge < -0.3 is 10.6 Å². The van der Waals surface area contributed by atoms with Crippen LogP contribution in [0.4, 0.5) is 0 Å². The normalized spacial score (nSPS) is 11.9. The van der Waals surface area contributed by atoms with Crippen LogP contribution < -0.4 is 10.6 Å². The predicted octanol–water partition coefficient (Wildman–Crippen LogP) is 3.01. The number of likely N-dealkylation sites (N-methyl/N-ethyl adjacent to an activating group) is 1. The van der Waals surface area contributed by atoms with E-state index in [2.05, 4.69) is 10.6 Å². The summed E-state index contributed by atoms with van der Waals surface area (Å²) in [7, 11) is 3.49. The van der Waals surface area contributed by atoms with E-state index in [1.165, 1.54) is 0 Å². The Labute approximate surface area is 159 Å². The standard InChI is InChI=1S/C20H24ClN3O2/c1-14(16-8-10-18(21)11-9-16)23-19(25)13-24(3)12-15-4-6-17(7-5-15)20(26)22-2/h4-11,14H,12-13H2,1-3H3,(H,22,26)(H,23,25)/t14-/m0/s1. The van der Waals surface area contributed by atoms with Gasteiger partial charge in [-0.15, -0.1) is 0 Å². The molecule has 2 N–H and O–H groups in total. The smallest absolute Gasteiger partial charge is 0.251 e. The van der Waals surface area contributed by atoms with Crippen molar-refractivity contribution in [2.24, 2.45) is 0 Å². The number of carbonyl (C=O) groups excluding carboxylic acids is 2. The zero-order valence-electron chi connectivity index (χ0n) is 15.3. The van der Waals surface area contributed by atoms with Crippen molar-refractivity contribution in [1.82, 2.24) is 15.5 Å². The minimum atomic E-state index is -0.111. The van der Waals surface area contributed by atoms with Crippen LogP contribution in [0, 0.1) is 0 Å². The molecule has 138 valence electrons. The van der Waals surface area contributed by atoms with Crippen molar-refractivity contribution in [2.75, 3.05) is 20.6 Å². The van der Waals surface area contributed by atoms with Crippen LogP contribution in [0.25, 0.3) is 0 Å². The lowest BCUT2D eigenvalue weighted by Crippen LogP contribution is -2.36. The summed E-state index contributed by atoms with van der Waals surface area (Å²) < 4.78 is 0. The zero-order valence-corrected chi connectivity index (χ0v) is 16.0. The molecule has 0 saturated carbocycles. The van der Waals surface area contributed by atoms with E-state index in [-0.39, 0.29) is 24.4 Å². The molecule has 2 amide bonds. The molecule has 2 aromatic rings. The van der Waals surface area contributed by atoms with Crippen LogP contribution in [0.2, 0.25) is 5.02 Å². The van der Waals surface area contributed by atoms with Crippen molar-refractivity contribution in [3.05, 3.63) is 70.2 Å². The Bertz CT molecular complexity index is 745. The highest BCUT2D eigenvalue weighted by Gasteiger charge is 2.12. The third kappa shape index (κ3) is 5.86. The third-order valence-electron chi connectivity index (χ3n) is 4.06. The van der Waals surface area contributed by atoms with Crippen LogP contribution in [-0.2, 0) is 11.3 Å². The second kappa shape index (κ2) is 9.36. The molecule has 0 aliphatic heterocycles. The highest BCUT2D eigenvalue weighted by Crippen LogP contribution is 2.16. The second-order valence-corrected chi connectivity index (χ2v) is 6.73. The summed E-state index contributed by atoms with van der Waals surface area (Å²) in [4.78, 5) is 25.7. The lowest BCUT2D eigenvalue weighted by Gasteiger charge is -2.19. The predicted molar refractivity (Wildman–Crippen MR) is 104 cm³/mol. The summed E-state index contributed by atoms with van der Waals surface area (Å²) in [6.45, 7) is 2.85. The van der Waals surface area contributed by atoms with Gasteiger partial charge in [0.25, 0.3) is 5.91 Å². The van der Waals surface area contributed by atoms with Gasteiger partial charge in [0, 0.05) is 24.2 Å². The third-order valence-corrected chi connectivity index (χ3v) is 4.31. The average molecular weight is 374 g/mol. The van der Waals surface area contributed by atoms with Crippen molar-refractivity contribution in [3.8, 4) is 0 Å². The molecule has 26 heavy (non-hydrogen) atoms. The first-order valence-corrected chi connectivity index (χ1v) is 8.81. The molecule has 1 atom stereocenters. The van der Waals surface area contributed by atoms with Crippen LogP contribution >= 0.6 is 11.6 Å². The van der Waals surface area contributed by atoms with Gasteiger partial charge in [0.2, 0.25) is 5.91 Å². The molecular formula is C20H24ClN3O2. The number of amides is 2. The Balaban J connectivity index is 1.84. The lowest BCUT2D eigenvalue weighted by molar-refractivity contribution is -0.122. The molecule has 0 radical (unpaired) electrons. The Kier molecular flexibility index (Phi) is 7.18. The first-order chi connectivity index (χ1) is 12.4. The quantitative estimate of drug-likeness (QED) is 0.784. The highest BCUT2D eigenvalue weighted by molar-refractivity contribution is 6.30. The SMILES string of the molecule is CNC(=O)c1ccc(CN(C)CC(=O)N[C@@H](C)c2ccc(Cl)cc2)cc1. The van der Waals surface area contributed by atoms with Crippen molar-refractivity contribution >= 4 is 23.4 Å². The van der Waals surface area contributed by atoms with E-state index in [0.29, 0.717) is 17.1 Å². The Morgan fingerprint density at radius 1 is 1.08 bits per heavy atom. The molecule has 0 spiro atoms. The van der Waals surface area contributed by atoms with Crippen LogP contribution in [0.3, 0.4) is 0 Å². The van der Waals surface area contributed by atoms with Crippen molar-refractivity contribution in [2.45, 2.75) is 19.5 Å². The van der Waals surface area contributed by atoms with Gasteiger partial charge in [-0.3, -0.25) is 14.5 Å². The van der Waals surface area contributed by atoms with Crippen LogP contribution in [0.15, 0.2) is 48.5 Å². The van der Waals surface area contributed by atoms with E-state index < -0.39 is 0 Å². The maximum atomic E-state index is 12.2. The van der Waals surface area contributed by atoms with Gasteiger partial charge in [-0.05, 0) is 49.4 Å². The molecule has 0 unspecified atom stereocenters. The summed E-state index contributed by atoms with van der Waals surface area (Å²) in [5.41, 5.74) is 2.67. The highest BCUT2D eigenvalue weighted by atomic mass is 35.5. The first kappa shape index (κ1) is 19.9. The molecular weight excluding hydrogens is 350 g/mol. The number of carbonyl (C=O) groups is 2. The number of rotatable bonds is 7. The molecule has 0 fully saturated rings. The average Bonchev–Trinajstić information content (AvgIpc) is 2.61. The fraction of sp³-hybridized carbons (Fsp3) is 0.300. The first-order valence-electron chi connectivity index (χ1n) is 8.43. The van der Waals surface area contributed by atoms with Crippen LogP contribution in [0.5, 0.6) is 0 Å². The van der Waals surface area contributed by atoms with Gasteiger partial charge in [-0.2, -0.15) is 0 Å². The largest absolute Gasteiger partial charge is 0.355 e. The van der Waals surface area contributed by atoms with E-state index >= 15 is 0 Å². The van der Waals surface area contributed by atoms with Crippen molar-refractivity contribution < 1.29 is 9.59 Å². The van der Waals surface area contributed by atoms with E-state index in [1.807, 2.05) is 55.3 Å². The van der Waals surface area contributed by atoms with Gasteiger partial charge in [0.1, 0.15) is 0 Å². The fourth-order valence-corrected chi connectivity index (χ4v) is 2.77. The molecule has 6 heteroatoms. The number of benzene rings is 2. The minimum Gasteiger partial charge on any atom is -0.355 e. The van der Waals surface area contributed by atoms with Crippen LogP contribution in [0.1, 0.15) is 34.5 Å². The summed E-state index contributed by atoms with van der Waals surface area (Å²) in [5.74, 6) is -0.155. The molecule has 0 aromatic heterocycles. The minimum absolute atomic E-state index is 0.0445. The maximum Gasteiger partial charge on any atom is 0.251 e. The number of hydrogen-bond acceptors (Lipinski definition) is 3. The van der Waals surface area contributed by atoms with Gasteiger partial charge in [-0.25, -0.2) is 0 Å². The molecule has 5 nitrogen and oxygen atoms in total. The number of nitrogens with one attached hydrogen (secondary N) is 2. The molecule has 0 heterocycles. The Morgan fingerprint density at radius 3 is 2.27 bits per heavy atom. The van der Waals surface area contributed by atoms with Gasteiger partial charge in [0.15, 0.2) is 0 Å². The lowest BCUT2D eigenvalue weighted by atomic mass is 10.1. The topological polar surface area (TPSA) is 61.4 Å². The fourth-order valence-electron chi connectivity index (χ4n) is 2.64. The monoisotopic (exact) mass is 373 g/mol. The van der Waals surface area contributed by atoms with Crippen molar-refractivity contribution in [1.29, 1.82) is 0 Å². The van der Waals surface area contributed by atoms with E-state index in [1.54, 1.807) is 19.2 Å². The molecule has 0 saturated heterocycles. The maximum absolute atomic E-state index is 12.2. The molecule has 0 aliphatic carbocycles. The Hall–Kier alpha value is -2.37. The summed E-state index contributed by atoms with van der Waals surface area (Å²) >= 11 is 5.89. The Morgan fingerprint density at radius 2 is 1.69 bits per heavy atom. The van der Waals surface area contributed by atoms with E-state index in [4.69, 9.17) is 11.6 Å². The van der Waals surface area contributed by atoms with E-state index in [0.717, 1.165) is 11.1 Å². The molecule has 0 aliphatic rings. The summed E-state index contributed by atoms with van der Waals surface area (Å²) in [6, 6.07) is 14.7. The second-order valence-electron chi connectivity index (χ2n) is 6.29. The van der Waals surface area contributed by atoms with E-state index in [9.17, 15) is 9.59 Å². The number of nitrogens with zero attached hydrogens (tertiary/aromatic N) is 1. The summed E-state index contributed by atoms with van der Waals surface area (Å²) in [5, 5.41) is 6.26. The molecule has 0 bridgehead atoms. The molecule has 2 aromatic carbocycles. The van der Waals surface area contributed by atoms with Gasteiger partial charge in [-0.1, -0.05) is 35.9 Å². The molecule has 2 rings (SSSR count). The van der Waals surface area contributed by atoms with Crippen molar-refractivity contribution in [3.63, 3.8) is 0 Å². The summed E-state index contributed by atoms with van der Waals surface area (Å²) in [6.07, 6.45) is 0. The van der Waals surface area contributed by atoms with Gasteiger partial charge >= 0.3 is 0 Å². The number of hydrogen-bond donors (Lipinski definition) is 2. The number of halogens is 1. The van der Waals surface area contributed by atoms with Crippen LogP contribution in [-0.4, -0.2) is 37.4 Å².